The number of hydrogen-bond donors (Lipinski definition) is 0. The van der Waals surface area contributed by atoms with E-state index in [4.69, 9.17) is 4.74 Å². The molecule has 2 aliphatic rings. The number of rotatable bonds is 2. The third-order valence-corrected chi connectivity index (χ3v) is 4.00. The van der Waals surface area contributed by atoms with E-state index in [0.717, 1.165) is 4.90 Å². The molecule has 1 aliphatic carbocycles. The van der Waals surface area contributed by atoms with Crippen LogP contribution in [0.3, 0.4) is 0 Å². The number of nitrogens with zero attached hydrogens (tertiary/aromatic N) is 1. The van der Waals surface area contributed by atoms with Crippen LogP contribution in [0.15, 0.2) is 40.3 Å². The number of thioether (sulfide) groups is 1. The Bertz CT molecular complexity index is 494. The number of carbonyl (C=O) groups excluding carboxylic acids is 1. The molecule has 3 nitrogen and oxygen atoms in total. The van der Waals surface area contributed by atoms with Gasteiger partial charge in [0, 0.05) is 17.1 Å². The Balaban J connectivity index is 2.00. The Morgan fingerprint density at radius 2 is 2.18 bits per heavy atom. The maximum atomic E-state index is 11.6. The number of anilines is 1. The Morgan fingerprint density at radius 1 is 1.41 bits per heavy atom. The molecule has 0 bridgehead atoms. The van der Waals surface area contributed by atoms with E-state index >= 15 is 0 Å². The molecule has 0 unspecified atom stereocenters. The molecule has 0 atom stereocenters. The van der Waals surface area contributed by atoms with Crippen LogP contribution in [-0.4, -0.2) is 19.1 Å². The lowest BCUT2D eigenvalue weighted by molar-refractivity contribution is -0.135. The average Bonchev–Trinajstić information content (AvgIpc) is 3.20. The first kappa shape index (κ1) is 10.7. The number of ether oxygens (including phenoxy) is 1. The van der Waals surface area contributed by atoms with E-state index in [1.165, 1.54) is 37.4 Å². The summed E-state index contributed by atoms with van der Waals surface area (Å²) in [6.07, 6.45) is 4.32. The fourth-order valence-electron chi connectivity index (χ4n) is 1.95. The van der Waals surface area contributed by atoms with E-state index in [1.807, 2.05) is 24.4 Å². The van der Waals surface area contributed by atoms with Gasteiger partial charge < -0.3 is 9.64 Å². The summed E-state index contributed by atoms with van der Waals surface area (Å²) in [7, 11) is 1.42. The van der Waals surface area contributed by atoms with Crippen molar-refractivity contribution < 1.29 is 9.53 Å². The quantitative estimate of drug-likeness (QED) is 0.752. The van der Waals surface area contributed by atoms with Crippen molar-refractivity contribution in [1.29, 1.82) is 0 Å². The van der Waals surface area contributed by atoms with Crippen LogP contribution in [0, 0.1) is 0 Å². The summed E-state index contributed by atoms with van der Waals surface area (Å²) in [5, 5.41) is 0. The lowest BCUT2D eigenvalue weighted by atomic mass is 10.3. The van der Waals surface area contributed by atoms with Crippen molar-refractivity contribution in [2.45, 2.75) is 23.8 Å². The Morgan fingerprint density at radius 3 is 2.88 bits per heavy atom. The molecule has 0 amide bonds. The van der Waals surface area contributed by atoms with E-state index in [-0.39, 0.29) is 5.97 Å². The lowest BCUT2D eigenvalue weighted by Gasteiger charge is -2.27. The molecule has 3 rings (SSSR count). The minimum absolute atomic E-state index is 0.254. The molecule has 0 radical (unpaired) electrons. The lowest BCUT2D eigenvalue weighted by Crippen LogP contribution is -2.23. The van der Waals surface area contributed by atoms with Gasteiger partial charge in [-0.2, -0.15) is 0 Å². The van der Waals surface area contributed by atoms with E-state index in [2.05, 4.69) is 11.0 Å². The standard InChI is InChI=1S/C13H13NO2S/c1-16-13(15)12-8-14(9-6-7-9)10-4-2-3-5-11(10)17-12/h2-5,8-9H,6-7H2,1H3. The molecular formula is C13H13NO2S. The van der Waals surface area contributed by atoms with Crippen LogP contribution < -0.4 is 4.90 Å². The summed E-state index contributed by atoms with van der Waals surface area (Å²) in [6, 6.07) is 8.73. The van der Waals surface area contributed by atoms with Crippen LogP contribution in [-0.2, 0) is 9.53 Å². The minimum Gasteiger partial charge on any atom is -0.465 e. The molecule has 1 aliphatic heterocycles. The fourth-order valence-corrected chi connectivity index (χ4v) is 2.94. The molecule has 4 heteroatoms. The summed E-state index contributed by atoms with van der Waals surface area (Å²) < 4.78 is 4.80. The summed E-state index contributed by atoms with van der Waals surface area (Å²) in [5.41, 5.74) is 1.20. The zero-order valence-electron chi connectivity index (χ0n) is 9.55. The Hall–Kier alpha value is -1.42. The molecule has 1 aromatic carbocycles. The van der Waals surface area contributed by atoms with Gasteiger partial charge in [-0.3, -0.25) is 0 Å². The second-order valence-electron chi connectivity index (χ2n) is 4.19. The molecular weight excluding hydrogens is 234 g/mol. The predicted molar refractivity (Wildman–Crippen MR) is 67.9 cm³/mol. The van der Waals surface area contributed by atoms with Gasteiger partial charge in [-0.25, -0.2) is 4.79 Å². The van der Waals surface area contributed by atoms with Gasteiger partial charge in [0.05, 0.1) is 12.8 Å². The van der Waals surface area contributed by atoms with Gasteiger partial charge in [0.15, 0.2) is 0 Å². The van der Waals surface area contributed by atoms with Gasteiger partial charge >= 0.3 is 5.97 Å². The molecule has 1 aromatic rings. The SMILES string of the molecule is COC(=O)C1=CN(C2CC2)c2ccccc2S1. The number of carbonyl (C=O) groups is 1. The third-order valence-electron chi connectivity index (χ3n) is 2.95. The van der Waals surface area contributed by atoms with Crippen molar-refractivity contribution in [3.05, 3.63) is 35.4 Å². The molecule has 17 heavy (non-hydrogen) atoms. The molecule has 88 valence electrons. The van der Waals surface area contributed by atoms with Gasteiger partial charge in [-0.1, -0.05) is 23.9 Å². The summed E-state index contributed by atoms with van der Waals surface area (Å²) in [4.78, 5) is 15.6. The summed E-state index contributed by atoms with van der Waals surface area (Å²) >= 11 is 1.48. The average molecular weight is 247 g/mol. The molecule has 0 saturated heterocycles. The number of fused-ring (bicyclic) bond motifs is 1. The van der Waals surface area contributed by atoms with Crippen LogP contribution in [0.25, 0.3) is 0 Å². The third kappa shape index (κ3) is 1.93. The molecule has 1 fully saturated rings. The largest absolute Gasteiger partial charge is 0.465 e. The van der Waals surface area contributed by atoms with Crippen LogP contribution >= 0.6 is 11.8 Å². The monoisotopic (exact) mass is 247 g/mol. The zero-order chi connectivity index (χ0) is 11.8. The smallest absolute Gasteiger partial charge is 0.346 e. The molecule has 0 N–H and O–H groups in total. The normalized spacial score (nSPS) is 18.4. The van der Waals surface area contributed by atoms with Crippen molar-refractivity contribution in [3.8, 4) is 0 Å². The highest BCUT2D eigenvalue weighted by atomic mass is 32.2. The fraction of sp³-hybridized carbons (Fsp3) is 0.308. The number of benzene rings is 1. The maximum absolute atomic E-state index is 11.6. The molecule has 0 aromatic heterocycles. The highest BCUT2D eigenvalue weighted by molar-refractivity contribution is 8.04. The molecule has 0 spiro atoms. The molecule has 1 saturated carbocycles. The first-order chi connectivity index (χ1) is 8.29. The number of para-hydroxylation sites is 1. The highest BCUT2D eigenvalue weighted by Crippen LogP contribution is 2.44. The van der Waals surface area contributed by atoms with Crippen LogP contribution in [0.5, 0.6) is 0 Å². The Kier molecular flexibility index (Phi) is 2.59. The van der Waals surface area contributed by atoms with Gasteiger partial charge in [0.25, 0.3) is 0 Å². The predicted octanol–water partition coefficient (Wildman–Crippen LogP) is 2.78. The van der Waals surface area contributed by atoms with E-state index < -0.39 is 0 Å². The van der Waals surface area contributed by atoms with Crippen molar-refractivity contribution in [1.82, 2.24) is 0 Å². The van der Waals surface area contributed by atoms with E-state index in [0.29, 0.717) is 10.9 Å². The van der Waals surface area contributed by atoms with E-state index in [1.54, 1.807) is 0 Å². The van der Waals surface area contributed by atoms with Gasteiger partial charge in [-0.15, -0.1) is 0 Å². The van der Waals surface area contributed by atoms with Gasteiger partial charge in [0.1, 0.15) is 4.91 Å². The zero-order valence-corrected chi connectivity index (χ0v) is 10.4. The molecule has 1 heterocycles. The van der Waals surface area contributed by atoms with Crippen LogP contribution in [0.2, 0.25) is 0 Å². The topological polar surface area (TPSA) is 29.5 Å². The Labute approximate surface area is 104 Å². The van der Waals surface area contributed by atoms with Crippen molar-refractivity contribution >= 4 is 23.4 Å². The van der Waals surface area contributed by atoms with Crippen molar-refractivity contribution in [2.75, 3.05) is 12.0 Å². The van der Waals surface area contributed by atoms with Crippen LogP contribution in [0.1, 0.15) is 12.8 Å². The van der Waals surface area contributed by atoms with Gasteiger partial charge in [0.2, 0.25) is 0 Å². The number of esters is 1. The minimum atomic E-state index is -0.254. The van der Waals surface area contributed by atoms with Crippen molar-refractivity contribution in [2.24, 2.45) is 0 Å². The summed E-state index contributed by atoms with van der Waals surface area (Å²) in [5.74, 6) is -0.254. The van der Waals surface area contributed by atoms with Crippen LogP contribution in [0.4, 0.5) is 5.69 Å². The van der Waals surface area contributed by atoms with Gasteiger partial charge in [-0.05, 0) is 25.0 Å². The summed E-state index contributed by atoms with van der Waals surface area (Å²) in [6.45, 7) is 0. The number of hydrogen-bond acceptors (Lipinski definition) is 4. The number of methoxy groups -OCH3 is 1. The second-order valence-corrected chi connectivity index (χ2v) is 5.28. The second kappa shape index (κ2) is 4.11. The van der Waals surface area contributed by atoms with E-state index in [9.17, 15) is 4.79 Å². The first-order valence-corrected chi connectivity index (χ1v) is 6.46. The first-order valence-electron chi connectivity index (χ1n) is 5.65. The maximum Gasteiger partial charge on any atom is 0.346 e. The van der Waals surface area contributed by atoms with Crippen molar-refractivity contribution in [3.63, 3.8) is 0 Å². The highest BCUT2D eigenvalue weighted by Gasteiger charge is 2.33.